The van der Waals surface area contributed by atoms with Crippen molar-refractivity contribution in [2.45, 2.75) is 25.7 Å². The van der Waals surface area contributed by atoms with Gasteiger partial charge >= 0.3 is 0 Å². The van der Waals surface area contributed by atoms with Crippen molar-refractivity contribution in [1.82, 2.24) is 15.5 Å². The lowest BCUT2D eigenvalue weighted by Gasteiger charge is -2.10. The van der Waals surface area contributed by atoms with Crippen molar-refractivity contribution >= 4 is 5.95 Å². The molecule has 1 N–H and O–H groups in total. The minimum absolute atomic E-state index is 0.392. The number of anilines is 1. The fraction of sp³-hybridized carbons (Fsp3) is 0.818. The van der Waals surface area contributed by atoms with Gasteiger partial charge in [0.05, 0.1) is 5.92 Å². The standard InChI is InChI=1S/C11H18N4O/c1-8-6-12-7-9(8)10-13-11(14-16-10)15-4-2-3-5-15/h8-9,12H,2-7H2,1H3. The zero-order valence-electron chi connectivity index (χ0n) is 9.65. The van der Waals surface area contributed by atoms with Crippen LogP contribution in [0.4, 0.5) is 5.95 Å². The van der Waals surface area contributed by atoms with Gasteiger partial charge in [-0.15, -0.1) is 0 Å². The van der Waals surface area contributed by atoms with E-state index in [9.17, 15) is 0 Å². The van der Waals surface area contributed by atoms with E-state index < -0.39 is 0 Å². The largest absolute Gasteiger partial charge is 0.338 e. The molecule has 0 saturated carbocycles. The molecule has 2 aliphatic heterocycles. The van der Waals surface area contributed by atoms with E-state index in [1.807, 2.05) is 0 Å². The van der Waals surface area contributed by atoms with Crippen LogP contribution in [0.1, 0.15) is 31.6 Å². The van der Waals surface area contributed by atoms with E-state index in [-0.39, 0.29) is 0 Å². The van der Waals surface area contributed by atoms with Crippen molar-refractivity contribution in [2.24, 2.45) is 5.92 Å². The van der Waals surface area contributed by atoms with Gasteiger partial charge in [0.25, 0.3) is 5.95 Å². The molecule has 0 amide bonds. The quantitative estimate of drug-likeness (QED) is 0.808. The van der Waals surface area contributed by atoms with Crippen LogP contribution in [0.15, 0.2) is 4.52 Å². The smallest absolute Gasteiger partial charge is 0.266 e. The zero-order chi connectivity index (χ0) is 11.0. The molecule has 5 heteroatoms. The van der Waals surface area contributed by atoms with Crippen LogP contribution in [0.5, 0.6) is 0 Å². The van der Waals surface area contributed by atoms with Gasteiger partial charge in [-0.25, -0.2) is 0 Å². The Balaban J connectivity index is 1.76. The molecule has 2 unspecified atom stereocenters. The maximum absolute atomic E-state index is 5.39. The molecule has 2 saturated heterocycles. The molecule has 5 nitrogen and oxygen atoms in total. The molecule has 0 radical (unpaired) electrons. The second-order valence-corrected chi connectivity index (χ2v) is 4.87. The Bertz CT molecular complexity index is 359. The maximum atomic E-state index is 5.39. The first-order valence-corrected chi connectivity index (χ1v) is 6.14. The highest BCUT2D eigenvalue weighted by Gasteiger charge is 2.30. The summed E-state index contributed by atoms with van der Waals surface area (Å²) >= 11 is 0. The summed E-state index contributed by atoms with van der Waals surface area (Å²) in [4.78, 5) is 6.74. The Labute approximate surface area is 95.2 Å². The number of nitrogens with one attached hydrogen (secondary N) is 1. The molecular formula is C11H18N4O. The lowest BCUT2D eigenvalue weighted by Crippen LogP contribution is -2.19. The van der Waals surface area contributed by atoms with Crippen molar-refractivity contribution in [2.75, 3.05) is 31.1 Å². The predicted molar refractivity (Wildman–Crippen MR) is 60.5 cm³/mol. The fourth-order valence-electron chi connectivity index (χ4n) is 2.56. The Morgan fingerprint density at radius 3 is 2.81 bits per heavy atom. The summed E-state index contributed by atoms with van der Waals surface area (Å²) in [5, 5.41) is 7.45. The van der Waals surface area contributed by atoms with Crippen LogP contribution in [-0.2, 0) is 0 Å². The van der Waals surface area contributed by atoms with Gasteiger partial charge in [0.15, 0.2) is 0 Å². The Kier molecular flexibility index (Phi) is 2.55. The lowest BCUT2D eigenvalue weighted by molar-refractivity contribution is 0.339. The lowest BCUT2D eigenvalue weighted by atomic mass is 9.98. The molecule has 1 aromatic heterocycles. The van der Waals surface area contributed by atoms with Crippen molar-refractivity contribution < 1.29 is 4.52 Å². The van der Waals surface area contributed by atoms with Gasteiger partial charge in [-0.2, -0.15) is 4.98 Å². The summed E-state index contributed by atoms with van der Waals surface area (Å²) in [6.07, 6.45) is 2.48. The van der Waals surface area contributed by atoms with Crippen LogP contribution < -0.4 is 10.2 Å². The van der Waals surface area contributed by atoms with Crippen LogP contribution in [0.3, 0.4) is 0 Å². The summed E-state index contributed by atoms with van der Waals surface area (Å²) in [6.45, 7) is 6.37. The van der Waals surface area contributed by atoms with Gasteiger partial charge in [-0.3, -0.25) is 0 Å². The van der Waals surface area contributed by atoms with E-state index in [4.69, 9.17) is 4.52 Å². The third-order valence-electron chi connectivity index (χ3n) is 3.65. The highest BCUT2D eigenvalue weighted by molar-refractivity contribution is 5.29. The number of hydrogen-bond acceptors (Lipinski definition) is 5. The van der Waals surface area contributed by atoms with E-state index in [2.05, 4.69) is 27.3 Å². The van der Waals surface area contributed by atoms with Gasteiger partial charge in [0.2, 0.25) is 5.89 Å². The van der Waals surface area contributed by atoms with Crippen LogP contribution in [0.2, 0.25) is 0 Å². The fourth-order valence-corrected chi connectivity index (χ4v) is 2.56. The van der Waals surface area contributed by atoms with Crippen LogP contribution >= 0.6 is 0 Å². The van der Waals surface area contributed by atoms with E-state index in [1.54, 1.807) is 0 Å². The molecule has 0 aromatic carbocycles. The summed E-state index contributed by atoms with van der Waals surface area (Å²) in [5.74, 6) is 2.57. The first-order chi connectivity index (χ1) is 7.84. The highest BCUT2D eigenvalue weighted by atomic mass is 16.5. The second-order valence-electron chi connectivity index (χ2n) is 4.87. The molecule has 2 aliphatic rings. The van der Waals surface area contributed by atoms with Gasteiger partial charge in [0.1, 0.15) is 0 Å². The normalized spacial score (nSPS) is 30.2. The molecule has 3 heterocycles. The SMILES string of the molecule is CC1CNCC1c1nc(N2CCCC2)no1. The maximum Gasteiger partial charge on any atom is 0.266 e. The highest BCUT2D eigenvalue weighted by Crippen LogP contribution is 2.28. The summed E-state index contributed by atoms with van der Waals surface area (Å²) < 4.78 is 5.39. The van der Waals surface area contributed by atoms with E-state index in [0.717, 1.165) is 38.0 Å². The predicted octanol–water partition coefficient (Wildman–Crippen LogP) is 0.993. The monoisotopic (exact) mass is 222 g/mol. The average molecular weight is 222 g/mol. The molecule has 1 aromatic rings. The number of hydrogen-bond donors (Lipinski definition) is 1. The zero-order valence-corrected chi connectivity index (χ0v) is 9.65. The molecular weight excluding hydrogens is 204 g/mol. The minimum atomic E-state index is 0.392. The van der Waals surface area contributed by atoms with Gasteiger partial charge in [0, 0.05) is 19.6 Å². The Morgan fingerprint density at radius 2 is 2.12 bits per heavy atom. The van der Waals surface area contributed by atoms with Crippen LogP contribution in [0.25, 0.3) is 0 Å². The first kappa shape index (κ1) is 10.1. The topological polar surface area (TPSA) is 54.2 Å². The Hall–Kier alpha value is -1.10. The van der Waals surface area contributed by atoms with Crippen LogP contribution in [0, 0.1) is 5.92 Å². The average Bonchev–Trinajstić information content (AvgIpc) is 2.96. The number of aromatic nitrogens is 2. The van der Waals surface area contributed by atoms with Gasteiger partial charge in [-0.05, 0) is 30.5 Å². The second kappa shape index (κ2) is 4.05. The van der Waals surface area contributed by atoms with Crippen LogP contribution in [-0.4, -0.2) is 36.3 Å². The molecule has 2 atom stereocenters. The van der Waals surface area contributed by atoms with E-state index in [1.165, 1.54) is 12.8 Å². The van der Waals surface area contributed by atoms with Crippen molar-refractivity contribution in [3.63, 3.8) is 0 Å². The van der Waals surface area contributed by atoms with Crippen molar-refractivity contribution in [1.29, 1.82) is 0 Å². The van der Waals surface area contributed by atoms with Gasteiger partial charge in [-0.1, -0.05) is 6.92 Å². The summed E-state index contributed by atoms with van der Waals surface area (Å²) in [5.41, 5.74) is 0. The number of rotatable bonds is 2. The first-order valence-electron chi connectivity index (χ1n) is 6.14. The number of nitrogens with zero attached hydrogens (tertiary/aromatic N) is 3. The Morgan fingerprint density at radius 1 is 1.31 bits per heavy atom. The molecule has 0 bridgehead atoms. The molecule has 16 heavy (non-hydrogen) atoms. The summed E-state index contributed by atoms with van der Waals surface area (Å²) in [7, 11) is 0. The third-order valence-corrected chi connectivity index (χ3v) is 3.65. The molecule has 2 fully saturated rings. The van der Waals surface area contributed by atoms with E-state index in [0.29, 0.717) is 11.8 Å². The van der Waals surface area contributed by atoms with Gasteiger partial charge < -0.3 is 14.7 Å². The third kappa shape index (κ3) is 1.69. The summed E-state index contributed by atoms with van der Waals surface area (Å²) in [6, 6.07) is 0. The van der Waals surface area contributed by atoms with E-state index >= 15 is 0 Å². The molecule has 0 spiro atoms. The van der Waals surface area contributed by atoms with Crippen molar-refractivity contribution in [3.8, 4) is 0 Å². The van der Waals surface area contributed by atoms with Crippen molar-refractivity contribution in [3.05, 3.63) is 5.89 Å². The molecule has 0 aliphatic carbocycles. The minimum Gasteiger partial charge on any atom is -0.338 e. The molecule has 88 valence electrons. The molecule has 3 rings (SSSR count).